The Hall–Kier alpha value is -2.22. The molecule has 3 heterocycles. The third-order valence-corrected chi connectivity index (χ3v) is 5.89. The minimum Gasteiger partial charge on any atom is -0.355 e. The van der Waals surface area contributed by atoms with Gasteiger partial charge in [-0.25, -0.2) is 4.98 Å². The normalized spacial score (nSPS) is 15.2. The number of carbonyl (C=O) groups excluding carboxylic acids is 2. The molecule has 1 aliphatic heterocycles. The van der Waals surface area contributed by atoms with Crippen molar-refractivity contribution in [2.75, 3.05) is 6.54 Å². The number of nitrogens with zero attached hydrogens (tertiary/aromatic N) is 2. The first-order valence-corrected chi connectivity index (χ1v) is 9.87. The average Bonchev–Trinajstić information content (AvgIpc) is 2.78. The molecule has 2 N–H and O–H groups in total. The number of rotatable bonds is 4. The molecule has 1 atom stereocenters. The van der Waals surface area contributed by atoms with Crippen LogP contribution in [0.1, 0.15) is 54.2 Å². The molecule has 0 radical (unpaired) electrons. The highest BCUT2D eigenvalue weighted by atomic mass is 32.1. The van der Waals surface area contributed by atoms with Crippen LogP contribution in [0.15, 0.2) is 4.79 Å². The summed E-state index contributed by atoms with van der Waals surface area (Å²) < 4.78 is 1.76. The van der Waals surface area contributed by atoms with Gasteiger partial charge in [-0.05, 0) is 39.2 Å². The van der Waals surface area contributed by atoms with Gasteiger partial charge in [0.05, 0.1) is 10.3 Å². The van der Waals surface area contributed by atoms with Gasteiger partial charge in [-0.2, -0.15) is 0 Å². The summed E-state index contributed by atoms with van der Waals surface area (Å²) >= 11 is 1.22. The fraction of sp³-hybridized carbons (Fsp3) is 0.556. The van der Waals surface area contributed by atoms with Crippen LogP contribution in [0.3, 0.4) is 0 Å². The summed E-state index contributed by atoms with van der Waals surface area (Å²) in [4.78, 5) is 43.1. The van der Waals surface area contributed by atoms with Crippen molar-refractivity contribution in [2.24, 2.45) is 0 Å². The van der Waals surface area contributed by atoms with Crippen LogP contribution in [-0.2, 0) is 17.8 Å². The number of nitrogens with one attached hydrogen (secondary N) is 2. The fourth-order valence-electron chi connectivity index (χ4n) is 3.28. The Kier molecular flexibility index (Phi) is 5.41. The van der Waals surface area contributed by atoms with Crippen molar-refractivity contribution in [1.29, 1.82) is 0 Å². The zero-order chi connectivity index (χ0) is 18.8. The molecule has 26 heavy (non-hydrogen) atoms. The van der Waals surface area contributed by atoms with E-state index in [4.69, 9.17) is 0 Å². The lowest BCUT2D eigenvalue weighted by Gasteiger charge is -2.12. The first-order valence-electron chi connectivity index (χ1n) is 9.05. The summed E-state index contributed by atoms with van der Waals surface area (Å²) in [7, 11) is 0. The van der Waals surface area contributed by atoms with E-state index in [9.17, 15) is 14.4 Å². The van der Waals surface area contributed by atoms with Crippen molar-refractivity contribution >= 4 is 33.4 Å². The van der Waals surface area contributed by atoms with Gasteiger partial charge in [0.1, 0.15) is 16.7 Å². The lowest BCUT2D eigenvalue weighted by atomic mass is 10.2. The van der Waals surface area contributed by atoms with Gasteiger partial charge in [-0.1, -0.05) is 6.42 Å². The topological polar surface area (TPSA) is 93.1 Å². The molecular weight excluding hydrogens is 352 g/mol. The number of fused-ring (bicyclic) bond motifs is 2. The first-order chi connectivity index (χ1) is 12.4. The van der Waals surface area contributed by atoms with Crippen molar-refractivity contribution in [3.8, 4) is 0 Å². The van der Waals surface area contributed by atoms with Crippen LogP contribution in [0.2, 0.25) is 0 Å². The standard InChI is InChI=1S/C18H24N4O3S/c1-4-19-15(23)11(3)20-16(24)14-10(2)13-17(26-14)21-12-8-6-5-7-9-22(12)18(13)25/h11H,4-9H2,1-3H3,(H,19,23)(H,20,24). The Labute approximate surface area is 155 Å². The predicted octanol–water partition coefficient (Wildman–Crippen LogP) is 1.75. The second-order valence-corrected chi connectivity index (χ2v) is 7.62. The molecule has 8 heteroatoms. The van der Waals surface area contributed by atoms with E-state index in [0.717, 1.165) is 31.5 Å². The maximum absolute atomic E-state index is 12.9. The molecule has 0 saturated heterocycles. The third-order valence-electron chi connectivity index (χ3n) is 4.71. The van der Waals surface area contributed by atoms with E-state index in [0.29, 0.717) is 33.7 Å². The zero-order valence-electron chi connectivity index (χ0n) is 15.3. The lowest BCUT2D eigenvalue weighted by Crippen LogP contribution is -2.44. The van der Waals surface area contributed by atoms with Crippen LogP contribution in [0.4, 0.5) is 0 Å². The van der Waals surface area contributed by atoms with Crippen LogP contribution in [0, 0.1) is 6.92 Å². The first kappa shape index (κ1) is 18.6. The van der Waals surface area contributed by atoms with Crippen molar-refractivity contribution in [2.45, 2.75) is 59.0 Å². The molecule has 1 aliphatic rings. The SMILES string of the molecule is CCNC(=O)C(C)NC(=O)c1sc2nc3n(c(=O)c2c1C)CCCCC3. The van der Waals surface area contributed by atoms with Crippen LogP contribution >= 0.6 is 11.3 Å². The highest BCUT2D eigenvalue weighted by Crippen LogP contribution is 2.28. The van der Waals surface area contributed by atoms with E-state index in [1.165, 1.54) is 11.3 Å². The maximum atomic E-state index is 12.9. The fourth-order valence-corrected chi connectivity index (χ4v) is 4.38. The lowest BCUT2D eigenvalue weighted by molar-refractivity contribution is -0.122. The molecule has 0 aliphatic carbocycles. The number of aromatic nitrogens is 2. The van der Waals surface area contributed by atoms with Gasteiger partial charge in [0.2, 0.25) is 5.91 Å². The smallest absolute Gasteiger partial charge is 0.262 e. The zero-order valence-corrected chi connectivity index (χ0v) is 16.2. The van der Waals surface area contributed by atoms with E-state index >= 15 is 0 Å². The summed E-state index contributed by atoms with van der Waals surface area (Å²) in [5.41, 5.74) is 0.583. The molecule has 140 valence electrons. The number of hydrogen-bond acceptors (Lipinski definition) is 5. The number of carbonyl (C=O) groups is 2. The molecule has 3 rings (SSSR count). The molecule has 2 amide bonds. The van der Waals surface area contributed by atoms with Crippen LogP contribution in [0.25, 0.3) is 10.2 Å². The van der Waals surface area contributed by atoms with Crippen LogP contribution in [-0.4, -0.2) is 34.0 Å². The van der Waals surface area contributed by atoms with Gasteiger partial charge >= 0.3 is 0 Å². The highest BCUT2D eigenvalue weighted by molar-refractivity contribution is 7.20. The van der Waals surface area contributed by atoms with Crippen molar-refractivity contribution in [1.82, 2.24) is 20.2 Å². The summed E-state index contributed by atoms with van der Waals surface area (Å²) in [5, 5.41) is 5.91. The number of aryl methyl sites for hydroxylation is 2. The number of amides is 2. The largest absolute Gasteiger partial charge is 0.355 e. The quantitative estimate of drug-likeness (QED) is 0.850. The second-order valence-electron chi connectivity index (χ2n) is 6.62. The third kappa shape index (κ3) is 3.38. The molecule has 0 bridgehead atoms. The monoisotopic (exact) mass is 376 g/mol. The van der Waals surface area contributed by atoms with Gasteiger partial charge < -0.3 is 10.6 Å². The molecule has 7 nitrogen and oxygen atoms in total. The van der Waals surface area contributed by atoms with E-state index in [1.54, 1.807) is 18.4 Å². The second kappa shape index (κ2) is 7.57. The predicted molar refractivity (Wildman–Crippen MR) is 102 cm³/mol. The van der Waals surface area contributed by atoms with Crippen molar-refractivity contribution in [3.05, 3.63) is 26.6 Å². The number of likely N-dealkylation sites (N-methyl/N-ethyl adjacent to an activating group) is 1. The van der Waals surface area contributed by atoms with Crippen LogP contribution in [0.5, 0.6) is 0 Å². The van der Waals surface area contributed by atoms with Crippen molar-refractivity contribution < 1.29 is 9.59 Å². The summed E-state index contributed by atoms with van der Waals surface area (Å²) in [6.45, 7) is 6.43. The summed E-state index contributed by atoms with van der Waals surface area (Å²) in [5.74, 6) is 0.234. The van der Waals surface area contributed by atoms with Gasteiger partial charge in [-0.3, -0.25) is 19.0 Å². The Morgan fingerprint density at radius 1 is 1.31 bits per heavy atom. The van der Waals surface area contributed by atoms with E-state index in [-0.39, 0.29) is 17.4 Å². The van der Waals surface area contributed by atoms with Gasteiger partial charge in [0.15, 0.2) is 0 Å². The highest BCUT2D eigenvalue weighted by Gasteiger charge is 2.24. The van der Waals surface area contributed by atoms with E-state index in [2.05, 4.69) is 15.6 Å². The molecule has 0 fully saturated rings. The minimum absolute atomic E-state index is 0.0588. The Bertz CT molecular complexity index is 915. The Morgan fingerprint density at radius 3 is 2.81 bits per heavy atom. The Morgan fingerprint density at radius 2 is 2.08 bits per heavy atom. The summed E-state index contributed by atoms with van der Waals surface area (Å²) in [6.07, 6.45) is 3.89. The Balaban J connectivity index is 1.97. The molecule has 1 unspecified atom stereocenters. The summed E-state index contributed by atoms with van der Waals surface area (Å²) in [6, 6.07) is -0.641. The molecule has 2 aromatic rings. The molecule has 0 aromatic carbocycles. The maximum Gasteiger partial charge on any atom is 0.262 e. The minimum atomic E-state index is -0.641. The number of thiophene rings is 1. The van der Waals surface area contributed by atoms with E-state index in [1.807, 2.05) is 6.92 Å². The van der Waals surface area contributed by atoms with Gasteiger partial charge in [-0.15, -0.1) is 11.3 Å². The number of hydrogen-bond donors (Lipinski definition) is 2. The van der Waals surface area contributed by atoms with Gasteiger partial charge in [0, 0.05) is 19.5 Å². The molecule has 2 aromatic heterocycles. The molecule has 0 spiro atoms. The van der Waals surface area contributed by atoms with Crippen molar-refractivity contribution in [3.63, 3.8) is 0 Å². The molecule has 0 saturated carbocycles. The van der Waals surface area contributed by atoms with Crippen LogP contribution < -0.4 is 16.2 Å². The average molecular weight is 376 g/mol. The molecular formula is C18H24N4O3S. The van der Waals surface area contributed by atoms with E-state index < -0.39 is 6.04 Å². The van der Waals surface area contributed by atoms with Gasteiger partial charge in [0.25, 0.3) is 11.5 Å².